The van der Waals surface area contributed by atoms with Crippen LogP contribution in [0.5, 0.6) is 5.75 Å². The molecule has 0 aliphatic heterocycles. The van der Waals surface area contributed by atoms with Crippen molar-refractivity contribution in [2.45, 2.75) is 6.04 Å². The summed E-state index contributed by atoms with van der Waals surface area (Å²) < 4.78 is 5.22. The van der Waals surface area contributed by atoms with Crippen LogP contribution in [-0.4, -0.2) is 18.4 Å². The average Bonchev–Trinajstić information content (AvgIpc) is 2.72. The minimum absolute atomic E-state index is 0.199. The van der Waals surface area contributed by atoms with Crippen LogP contribution < -0.4 is 15.8 Å². The number of nitrogens with two attached hydrogens (primary N) is 1. The van der Waals surface area contributed by atoms with E-state index >= 15 is 0 Å². The molecule has 0 fully saturated rings. The van der Waals surface area contributed by atoms with Crippen molar-refractivity contribution in [3.8, 4) is 5.75 Å². The third-order valence-corrected chi connectivity index (χ3v) is 4.04. The molecule has 5 heteroatoms. The highest BCUT2D eigenvalue weighted by molar-refractivity contribution is 5.94. The molecule has 27 heavy (non-hydrogen) atoms. The molecular weight excluding hydrogens is 340 g/mol. The summed E-state index contributed by atoms with van der Waals surface area (Å²) in [5.41, 5.74) is 7.55. The number of hydrogen-bond donors (Lipinski definition) is 2. The van der Waals surface area contributed by atoms with Crippen LogP contribution in [0.3, 0.4) is 0 Å². The molecule has 136 valence electrons. The summed E-state index contributed by atoms with van der Waals surface area (Å²) in [5.74, 6) is -0.271. The van der Waals surface area contributed by atoms with Crippen LogP contribution >= 0.6 is 0 Å². The molecule has 0 heterocycles. The maximum Gasteiger partial charge on any atom is 0.255 e. The lowest BCUT2D eigenvalue weighted by molar-refractivity contribution is -0.119. The molecule has 3 aromatic carbocycles. The van der Waals surface area contributed by atoms with E-state index in [0.717, 1.165) is 11.1 Å². The summed E-state index contributed by atoms with van der Waals surface area (Å²) in [4.78, 5) is 23.5. The third kappa shape index (κ3) is 4.95. The first kappa shape index (κ1) is 18.2. The molecule has 0 saturated carbocycles. The summed E-state index contributed by atoms with van der Waals surface area (Å²) in [6.07, 6.45) is 0. The Morgan fingerprint density at radius 1 is 0.815 bits per heavy atom. The monoisotopic (exact) mass is 360 g/mol. The van der Waals surface area contributed by atoms with E-state index in [1.807, 2.05) is 60.7 Å². The van der Waals surface area contributed by atoms with Crippen LogP contribution in [0.1, 0.15) is 27.5 Å². The molecule has 0 spiro atoms. The first-order valence-corrected chi connectivity index (χ1v) is 8.55. The summed E-state index contributed by atoms with van der Waals surface area (Å²) >= 11 is 0. The van der Waals surface area contributed by atoms with Gasteiger partial charge in [0, 0.05) is 5.56 Å². The fourth-order valence-corrected chi connectivity index (χ4v) is 2.72. The zero-order valence-corrected chi connectivity index (χ0v) is 14.7. The highest BCUT2D eigenvalue weighted by atomic mass is 16.5. The van der Waals surface area contributed by atoms with Gasteiger partial charge in [0.25, 0.3) is 11.8 Å². The van der Waals surface area contributed by atoms with E-state index in [0.29, 0.717) is 11.3 Å². The van der Waals surface area contributed by atoms with Gasteiger partial charge in [0.1, 0.15) is 5.75 Å². The number of benzene rings is 3. The molecule has 0 aliphatic rings. The van der Waals surface area contributed by atoms with Crippen molar-refractivity contribution in [2.75, 3.05) is 6.61 Å². The molecule has 0 aromatic heterocycles. The number of ether oxygens (including phenoxy) is 1. The van der Waals surface area contributed by atoms with E-state index in [2.05, 4.69) is 5.32 Å². The Balaban J connectivity index is 1.77. The number of carbonyl (C=O) groups is 2. The standard InChI is InChI=1S/C22H20N2O3/c23-20(25)15-27-19-13-11-18(12-14-19)22(26)24-21(16-7-3-1-4-8-16)17-9-5-2-6-10-17/h1-14,21H,15H2,(H2,23,25)(H,24,26). The molecule has 3 aromatic rings. The fourth-order valence-electron chi connectivity index (χ4n) is 2.72. The Morgan fingerprint density at radius 3 is 1.81 bits per heavy atom. The second kappa shape index (κ2) is 8.67. The van der Waals surface area contributed by atoms with Crippen LogP contribution in [0.2, 0.25) is 0 Å². The number of primary amides is 1. The highest BCUT2D eigenvalue weighted by Gasteiger charge is 2.17. The summed E-state index contributed by atoms with van der Waals surface area (Å²) in [6.45, 7) is -0.199. The minimum Gasteiger partial charge on any atom is -0.484 e. The lowest BCUT2D eigenvalue weighted by Gasteiger charge is -2.20. The van der Waals surface area contributed by atoms with E-state index in [4.69, 9.17) is 10.5 Å². The van der Waals surface area contributed by atoms with Gasteiger partial charge in [0.15, 0.2) is 6.61 Å². The van der Waals surface area contributed by atoms with E-state index in [9.17, 15) is 9.59 Å². The van der Waals surface area contributed by atoms with E-state index < -0.39 is 5.91 Å². The Kier molecular flexibility index (Phi) is 5.84. The summed E-state index contributed by atoms with van der Waals surface area (Å²) in [6, 6.07) is 25.9. The maximum atomic E-state index is 12.8. The van der Waals surface area contributed by atoms with Gasteiger partial charge in [0.2, 0.25) is 0 Å². The number of nitrogens with one attached hydrogen (secondary N) is 1. The smallest absolute Gasteiger partial charge is 0.255 e. The van der Waals surface area contributed by atoms with Crippen molar-refractivity contribution in [2.24, 2.45) is 5.73 Å². The fraction of sp³-hybridized carbons (Fsp3) is 0.0909. The molecule has 2 amide bonds. The second-order valence-corrected chi connectivity index (χ2v) is 6.01. The Bertz CT molecular complexity index is 854. The van der Waals surface area contributed by atoms with Crippen molar-refractivity contribution in [1.29, 1.82) is 0 Å². The van der Waals surface area contributed by atoms with Gasteiger partial charge in [-0.1, -0.05) is 60.7 Å². The normalized spacial score (nSPS) is 10.4. The Morgan fingerprint density at radius 2 is 1.33 bits per heavy atom. The summed E-state index contributed by atoms with van der Waals surface area (Å²) in [5, 5.41) is 3.08. The maximum absolute atomic E-state index is 12.8. The van der Waals surface area contributed by atoms with Crippen molar-refractivity contribution in [1.82, 2.24) is 5.32 Å². The highest BCUT2D eigenvalue weighted by Crippen LogP contribution is 2.22. The van der Waals surface area contributed by atoms with Gasteiger partial charge in [-0.25, -0.2) is 0 Å². The Labute approximate surface area is 157 Å². The number of carbonyl (C=O) groups excluding carboxylic acids is 2. The number of hydrogen-bond acceptors (Lipinski definition) is 3. The number of amides is 2. The van der Waals surface area contributed by atoms with Crippen molar-refractivity contribution in [3.63, 3.8) is 0 Å². The first-order valence-electron chi connectivity index (χ1n) is 8.55. The molecule has 0 radical (unpaired) electrons. The summed E-state index contributed by atoms with van der Waals surface area (Å²) in [7, 11) is 0. The first-order chi connectivity index (χ1) is 13.1. The molecule has 3 N–H and O–H groups in total. The third-order valence-electron chi connectivity index (χ3n) is 4.04. The van der Waals surface area contributed by atoms with Gasteiger partial charge < -0.3 is 15.8 Å². The van der Waals surface area contributed by atoms with Crippen LogP contribution in [-0.2, 0) is 4.79 Å². The molecule has 0 atom stereocenters. The van der Waals surface area contributed by atoms with E-state index in [-0.39, 0.29) is 18.6 Å². The van der Waals surface area contributed by atoms with Crippen LogP contribution in [0, 0.1) is 0 Å². The largest absolute Gasteiger partial charge is 0.484 e. The SMILES string of the molecule is NC(=O)COc1ccc(C(=O)NC(c2ccccc2)c2ccccc2)cc1. The predicted molar refractivity (Wildman–Crippen MR) is 103 cm³/mol. The predicted octanol–water partition coefficient (Wildman–Crippen LogP) is 3.07. The van der Waals surface area contributed by atoms with Gasteiger partial charge in [0.05, 0.1) is 6.04 Å². The van der Waals surface area contributed by atoms with Crippen LogP contribution in [0.4, 0.5) is 0 Å². The zero-order valence-electron chi connectivity index (χ0n) is 14.7. The Hall–Kier alpha value is -3.60. The van der Waals surface area contributed by atoms with Crippen molar-refractivity contribution < 1.29 is 14.3 Å². The van der Waals surface area contributed by atoms with Gasteiger partial charge in [-0.2, -0.15) is 0 Å². The zero-order chi connectivity index (χ0) is 19.1. The quantitative estimate of drug-likeness (QED) is 0.679. The molecule has 3 rings (SSSR count). The molecule has 0 aliphatic carbocycles. The molecule has 0 unspecified atom stereocenters. The van der Waals surface area contributed by atoms with Gasteiger partial charge in [-0.3, -0.25) is 9.59 Å². The second-order valence-electron chi connectivity index (χ2n) is 6.01. The molecule has 5 nitrogen and oxygen atoms in total. The van der Waals surface area contributed by atoms with Crippen LogP contribution in [0.25, 0.3) is 0 Å². The van der Waals surface area contributed by atoms with Crippen molar-refractivity contribution >= 4 is 11.8 Å². The average molecular weight is 360 g/mol. The van der Waals surface area contributed by atoms with E-state index in [1.165, 1.54) is 0 Å². The van der Waals surface area contributed by atoms with Crippen molar-refractivity contribution in [3.05, 3.63) is 102 Å². The molecule has 0 saturated heterocycles. The lowest BCUT2D eigenvalue weighted by atomic mass is 9.98. The van der Waals surface area contributed by atoms with Gasteiger partial charge in [-0.15, -0.1) is 0 Å². The van der Waals surface area contributed by atoms with E-state index in [1.54, 1.807) is 24.3 Å². The van der Waals surface area contributed by atoms with Crippen LogP contribution in [0.15, 0.2) is 84.9 Å². The lowest BCUT2D eigenvalue weighted by Crippen LogP contribution is -2.29. The van der Waals surface area contributed by atoms with Gasteiger partial charge >= 0.3 is 0 Å². The molecular formula is C22H20N2O3. The number of rotatable bonds is 7. The van der Waals surface area contributed by atoms with Gasteiger partial charge in [-0.05, 0) is 35.4 Å². The topological polar surface area (TPSA) is 81.4 Å². The molecule has 0 bridgehead atoms. The minimum atomic E-state index is -0.551.